The van der Waals surface area contributed by atoms with Gasteiger partial charge in [0.25, 0.3) is 5.88 Å². The van der Waals surface area contributed by atoms with Crippen molar-refractivity contribution in [2.45, 2.75) is 57.7 Å². The van der Waals surface area contributed by atoms with Crippen molar-refractivity contribution in [3.63, 3.8) is 0 Å². The summed E-state index contributed by atoms with van der Waals surface area (Å²) in [5.74, 6) is 1.52. The molecule has 2 aromatic heterocycles. The van der Waals surface area contributed by atoms with Crippen molar-refractivity contribution in [3.05, 3.63) is 52.9 Å². The van der Waals surface area contributed by atoms with Crippen LogP contribution in [0.2, 0.25) is 0 Å². The summed E-state index contributed by atoms with van der Waals surface area (Å²) in [6.45, 7) is 5.59. The first-order chi connectivity index (χ1) is 19.2. The second kappa shape index (κ2) is 12.9. The predicted molar refractivity (Wildman–Crippen MR) is 148 cm³/mol. The van der Waals surface area contributed by atoms with Gasteiger partial charge in [-0.05, 0) is 35.5 Å². The molecular weight excluding hydrogens is 532 g/mol. The number of aryl methyl sites for hydroxylation is 1. The van der Waals surface area contributed by atoms with E-state index in [9.17, 15) is 19.5 Å². The maximum absolute atomic E-state index is 13.7. The van der Waals surface area contributed by atoms with E-state index in [1.807, 2.05) is 51.2 Å². The van der Waals surface area contributed by atoms with Crippen LogP contribution in [0.5, 0.6) is 5.88 Å². The lowest BCUT2D eigenvalue weighted by Gasteiger charge is -2.29. The highest BCUT2D eigenvalue weighted by atomic mass is 32.1. The van der Waals surface area contributed by atoms with E-state index < -0.39 is 24.1 Å². The molecule has 3 heterocycles. The maximum Gasteiger partial charge on any atom is 0.254 e. The van der Waals surface area contributed by atoms with Crippen LogP contribution < -0.4 is 10.1 Å². The number of ether oxygens (including phenoxy) is 1. The number of hydrogen-bond donors (Lipinski definition) is 2. The van der Waals surface area contributed by atoms with Crippen LogP contribution in [0.3, 0.4) is 0 Å². The lowest BCUT2D eigenvalue weighted by atomic mass is 9.91. The van der Waals surface area contributed by atoms with Gasteiger partial charge in [-0.25, -0.2) is 4.98 Å². The normalized spacial score (nSPS) is 18.2. The summed E-state index contributed by atoms with van der Waals surface area (Å²) in [4.78, 5) is 44.2. The van der Waals surface area contributed by atoms with E-state index in [2.05, 4.69) is 21.4 Å². The minimum Gasteiger partial charge on any atom is -0.468 e. The van der Waals surface area contributed by atoms with Crippen molar-refractivity contribution in [1.82, 2.24) is 20.4 Å². The van der Waals surface area contributed by atoms with Crippen LogP contribution in [0.4, 0.5) is 0 Å². The zero-order valence-electron chi connectivity index (χ0n) is 22.6. The first-order valence-electron chi connectivity index (χ1n) is 13.0. The molecular formula is C29H32N4O6S. The van der Waals surface area contributed by atoms with Gasteiger partial charge in [0.15, 0.2) is 12.0 Å². The Labute approximate surface area is 236 Å². The van der Waals surface area contributed by atoms with Crippen molar-refractivity contribution in [2.75, 3.05) is 13.2 Å². The molecule has 0 saturated carbocycles. The zero-order chi connectivity index (χ0) is 28.8. The highest BCUT2D eigenvalue weighted by molar-refractivity contribution is 7.15. The molecule has 10 nitrogen and oxygen atoms in total. The predicted octanol–water partition coefficient (Wildman–Crippen LogP) is 3.27. The van der Waals surface area contributed by atoms with Crippen LogP contribution in [0, 0.1) is 25.2 Å². The molecule has 0 spiro atoms. The number of aromatic nitrogens is 2. The standard InChI is InChI=1S/C29H32N4O6S/c1-5-23(19-6-8-20(9-7-19)25-15-30-18(4)40-25)31-26(36)13-21-12-22(35)16-33(21)29(37)28(17(2)3)24-14-27(32-39-24)38-11-10-34/h1,6-10,14-15,17,21-23,28,35H,11-13,16H2,2-4H3,(H,31,36)/t21-,22+,23-,28+/m0/s1. The van der Waals surface area contributed by atoms with Crippen molar-refractivity contribution >= 4 is 29.4 Å². The Kier molecular flexibility index (Phi) is 9.34. The van der Waals surface area contributed by atoms with Gasteiger partial charge in [-0.3, -0.25) is 14.4 Å². The number of β-amino-alcohol motifs (C(OH)–C–C–N with tert-alkyl or cyclic N) is 1. The molecule has 0 bridgehead atoms. The number of nitrogens with one attached hydrogen (secondary N) is 1. The highest BCUT2D eigenvalue weighted by Gasteiger charge is 2.41. The number of amides is 2. The number of benzene rings is 1. The second-order valence-electron chi connectivity index (χ2n) is 10.0. The highest BCUT2D eigenvalue weighted by Crippen LogP contribution is 2.33. The monoisotopic (exact) mass is 564 g/mol. The topological polar surface area (TPSA) is 135 Å². The van der Waals surface area contributed by atoms with E-state index in [-0.39, 0.29) is 55.4 Å². The number of likely N-dealkylation sites (tertiary alicyclic amines) is 1. The molecule has 2 amide bonds. The number of hydrogen-bond acceptors (Lipinski definition) is 9. The van der Waals surface area contributed by atoms with Gasteiger partial charge in [0.05, 0.1) is 16.0 Å². The molecule has 40 heavy (non-hydrogen) atoms. The fourth-order valence-electron chi connectivity index (χ4n) is 4.87. The molecule has 0 aliphatic carbocycles. The third kappa shape index (κ3) is 6.76. The zero-order valence-corrected chi connectivity index (χ0v) is 23.4. The van der Waals surface area contributed by atoms with Gasteiger partial charge in [0.1, 0.15) is 18.6 Å². The quantitative estimate of drug-likeness (QED) is 0.268. The average Bonchev–Trinajstić information content (AvgIpc) is 3.66. The lowest BCUT2D eigenvalue weighted by molar-refractivity contribution is -0.136. The number of aliphatic hydroxyl groups excluding tert-OH is 1. The minimum absolute atomic E-state index is 0.0197. The Hall–Kier alpha value is -4.01. The first kappa shape index (κ1) is 29.0. The summed E-state index contributed by atoms with van der Waals surface area (Å²) < 4.78 is 10.5. The Morgan fingerprint density at radius 1 is 1.35 bits per heavy atom. The number of carbonyl (C=O) groups excluding carboxylic acids is 3. The van der Waals surface area contributed by atoms with E-state index in [4.69, 9.17) is 15.7 Å². The molecule has 1 aliphatic heterocycles. The van der Waals surface area contributed by atoms with Crippen LogP contribution in [-0.2, 0) is 14.4 Å². The van der Waals surface area contributed by atoms with Gasteiger partial charge in [-0.2, -0.15) is 0 Å². The summed E-state index contributed by atoms with van der Waals surface area (Å²) in [6, 6.07) is 7.95. The number of terminal acetylenes is 1. The van der Waals surface area contributed by atoms with E-state index in [1.165, 1.54) is 11.0 Å². The number of carbonyl (C=O) groups is 3. The number of aldehydes is 1. The van der Waals surface area contributed by atoms with Crippen LogP contribution >= 0.6 is 11.3 Å². The van der Waals surface area contributed by atoms with Crippen LogP contribution in [0.15, 0.2) is 41.1 Å². The molecule has 2 N–H and O–H groups in total. The van der Waals surface area contributed by atoms with E-state index >= 15 is 0 Å². The van der Waals surface area contributed by atoms with Gasteiger partial charge in [-0.1, -0.05) is 44.0 Å². The largest absolute Gasteiger partial charge is 0.468 e. The number of nitrogens with zero attached hydrogens (tertiary/aromatic N) is 3. The lowest BCUT2D eigenvalue weighted by Crippen LogP contribution is -2.43. The van der Waals surface area contributed by atoms with Crippen molar-refractivity contribution in [2.24, 2.45) is 5.92 Å². The molecule has 4 rings (SSSR count). The Morgan fingerprint density at radius 2 is 2.10 bits per heavy atom. The third-order valence-electron chi connectivity index (χ3n) is 6.76. The molecule has 0 radical (unpaired) electrons. The van der Waals surface area contributed by atoms with Gasteiger partial charge in [-0.15, -0.1) is 17.8 Å². The van der Waals surface area contributed by atoms with Gasteiger partial charge < -0.3 is 24.6 Å². The first-order valence-corrected chi connectivity index (χ1v) is 13.8. The Balaban J connectivity index is 1.43. The molecule has 3 aromatic rings. The molecule has 4 atom stereocenters. The fraction of sp³-hybridized carbons (Fsp3) is 0.414. The second-order valence-corrected chi connectivity index (χ2v) is 11.3. The van der Waals surface area contributed by atoms with Crippen LogP contribution in [-0.4, -0.2) is 63.5 Å². The number of thiazole rings is 1. The van der Waals surface area contributed by atoms with E-state index in [0.29, 0.717) is 6.29 Å². The minimum atomic E-state index is -0.762. The van der Waals surface area contributed by atoms with E-state index in [1.54, 1.807) is 11.3 Å². The summed E-state index contributed by atoms with van der Waals surface area (Å²) in [7, 11) is 0. The molecule has 0 unspecified atom stereocenters. The molecule has 210 valence electrons. The van der Waals surface area contributed by atoms with Gasteiger partial charge >= 0.3 is 0 Å². The summed E-state index contributed by atoms with van der Waals surface area (Å²) >= 11 is 1.60. The SMILES string of the molecule is C#C[C@H](NC(=O)C[C@@H]1C[C@@H](O)CN1C(=O)[C@@H](c1cc(OCC=O)no1)C(C)C)c1ccc(-c2cnc(C)s2)cc1. The van der Waals surface area contributed by atoms with Crippen molar-refractivity contribution in [1.29, 1.82) is 0 Å². The van der Waals surface area contributed by atoms with Crippen LogP contribution in [0.1, 0.15) is 55.0 Å². The smallest absolute Gasteiger partial charge is 0.254 e. The molecule has 1 saturated heterocycles. The number of rotatable bonds is 11. The van der Waals surface area contributed by atoms with E-state index in [0.717, 1.165) is 21.0 Å². The molecule has 1 fully saturated rings. The van der Waals surface area contributed by atoms with Crippen molar-refractivity contribution < 1.29 is 28.8 Å². The van der Waals surface area contributed by atoms with Gasteiger partial charge in [0.2, 0.25) is 11.8 Å². The number of aliphatic hydroxyl groups is 1. The van der Waals surface area contributed by atoms with Crippen molar-refractivity contribution in [3.8, 4) is 28.7 Å². The average molecular weight is 565 g/mol. The molecule has 11 heteroatoms. The van der Waals surface area contributed by atoms with Gasteiger partial charge in [0, 0.05) is 31.3 Å². The molecule has 1 aromatic carbocycles. The summed E-state index contributed by atoms with van der Waals surface area (Å²) in [5.41, 5.74) is 1.78. The third-order valence-corrected chi connectivity index (χ3v) is 7.73. The molecule has 1 aliphatic rings. The van der Waals surface area contributed by atoms with Crippen LogP contribution in [0.25, 0.3) is 10.4 Å². The fourth-order valence-corrected chi connectivity index (χ4v) is 5.65. The summed E-state index contributed by atoms with van der Waals surface area (Å²) in [5, 5.41) is 18.0. The Bertz CT molecular complexity index is 1380. The Morgan fingerprint density at radius 3 is 2.73 bits per heavy atom. The summed E-state index contributed by atoms with van der Waals surface area (Å²) in [6.07, 6.45) is 7.65. The maximum atomic E-state index is 13.7.